The van der Waals surface area contributed by atoms with Gasteiger partial charge in [0.15, 0.2) is 6.61 Å². The molecule has 0 spiro atoms. The van der Waals surface area contributed by atoms with E-state index in [-0.39, 0.29) is 18.6 Å². The van der Waals surface area contributed by atoms with Gasteiger partial charge >= 0.3 is 5.97 Å². The third-order valence-corrected chi connectivity index (χ3v) is 4.50. The highest BCUT2D eigenvalue weighted by Gasteiger charge is 2.16. The Balaban J connectivity index is 1.55. The Morgan fingerprint density at radius 3 is 2.23 bits per heavy atom. The number of hydrogen-bond acceptors (Lipinski definition) is 4. The topological polar surface area (TPSA) is 64.6 Å². The lowest BCUT2D eigenvalue weighted by Gasteiger charge is -2.18. The van der Waals surface area contributed by atoms with Gasteiger partial charge < -0.3 is 14.8 Å². The molecule has 0 saturated carbocycles. The Hall–Kier alpha value is -3.60. The lowest BCUT2D eigenvalue weighted by Crippen LogP contribution is -2.32. The molecule has 30 heavy (non-hydrogen) atoms. The number of para-hydroxylation sites is 1. The molecule has 154 valence electrons. The number of carbonyl (C=O) groups is 2. The van der Waals surface area contributed by atoms with Crippen molar-refractivity contribution >= 4 is 11.9 Å². The summed E-state index contributed by atoms with van der Waals surface area (Å²) in [4.78, 5) is 24.7. The van der Waals surface area contributed by atoms with Crippen LogP contribution in [0.5, 0.6) is 11.5 Å². The third-order valence-electron chi connectivity index (χ3n) is 4.50. The third kappa shape index (κ3) is 6.21. The number of hydrogen-bond donors (Lipinski definition) is 1. The molecule has 0 heterocycles. The molecule has 3 rings (SSSR count). The molecule has 1 atom stereocenters. The first-order valence-corrected chi connectivity index (χ1v) is 10.00. The quantitative estimate of drug-likeness (QED) is 0.493. The van der Waals surface area contributed by atoms with Gasteiger partial charge in [0.05, 0.1) is 11.6 Å². The van der Waals surface area contributed by atoms with Crippen LogP contribution >= 0.6 is 0 Å². The van der Waals surface area contributed by atoms with Gasteiger partial charge in [0, 0.05) is 0 Å². The van der Waals surface area contributed by atoms with Crippen LogP contribution in [0.15, 0.2) is 84.9 Å². The molecule has 0 aromatic heterocycles. The first-order chi connectivity index (χ1) is 14.7. The number of nitrogens with one attached hydrogen (secondary N) is 1. The number of amides is 1. The van der Waals surface area contributed by atoms with Crippen molar-refractivity contribution in [3.05, 3.63) is 96.1 Å². The Kier molecular flexibility index (Phi) is 7.61. The second kappa shape index (κ2) is 10.8. The van der Waals surface area contributed by atoms with E-state index in [1.807, 2.05) is 60.7 Å². The monoisotopic (exact) mass is 403 g/mol. The molecule has 0 unspecified atom stereocenters. The van der Waals surface area contributed by atoms with Crippen molar-refractivity contribution in [1.29, 1.82) is 0 Å². The fourth-order valence-corrected chi connectivity index (χ4v) is 3.06. The molecule has 0 aliphatic rings. The number of benzene rings is 3. The summed E-state index contributed by atoms with van der Waals surface area (Å²) < 4.78 is 10.9. The van der Waals surface area contributed by atoms with Gasteiger partial charge in [-0.25, -0.2) is 4.79 Å². The predicted molar refractivity (Wildman–Crippen MR) is 115 cm³/mol. The van der Waals surface area contributed by atoms with E-state index in [2.05, 4.69) is 12.2 Å². The summed E-state index contributed by atoms with van der Waals surface area (Å²) in [5, 5.41) is 2.94. The number of esters is 1. The molecule has 0 fully saturated rings. The number of carbonyl (C=O) groups excluding carboxylic acids is 2. The largest absolute Gasteiger partial charge is 0.457 e. The summed E-state index contributed by atoms with van der Waals surface area (Å²) >= 11 is 0. The summed E-state index contributed by atoms with van der Waals surface area (Å²) in [6.07, 6.45) is 1.73. The van der Waals surface area contributed by atoms with Crippen LogP contribution < -0.4 is 10.1 Å². The van der Waals surface area contributed by atoms with E-state index in [1.165, 1.54) is 0 Å². The van der Waals surface area contributed by atoms with Gasteiger partial charge in [0.1, 0.15) is 11.5 Å². The highest BCUT2D eigenvalue weighted by molar-refractivity contribution is 5.91. The molecule has 5 nitrogen and oxygen atoms in total. The first-order valence-electron chi connectivity index (χ1n) is 10.00. The Morgan fingerprint density at radius 1 is 0.867 bits per heavy atom. The Labute approximate surface area is 176 Å². The summed E-state index contributed by atoms with van der Waals surface area (Å²) in [7, 11) is 0. The van der Waals surface area contributed by atoms with E-state index in [0.717, 1.165) is 18.4 Å². The highest BCUT2D eigenvalue weighted by atomic mass is 16.5. The zero-order valence-electron chi connectivity index (χ0n) is 16.9. The SMILES string of the molecule is CCC[C@@H](NC(=O)COC(=O)c1cccc(Oc2ccccc2)c1)c1ccccc1. The maximum absolute atomic E-state index is 12.4. The Bertz CT molecular complexity index is 957. The minimum atomic E-state index is -0.574. The highest BCUT2D eigenvalue weighted by Crippen LogP contribution is 2.22. The van der Waals surface area contributed by atoms with E-state index in [1.54, 1.807) is 24.3 Å². The summed E-state index contributed by atoms with van der Waals surface area (Å²) in [6, 6.07) is 25.6. The fraction of sp³-hybridized carbons (Fsp3) is 0.200. The van der Waals surface area contributed by atoms with E-state index in [0.29, 0.717) is 17.1 Å². The van der Waals surface area contributed by atoms with Crippen LogP contribution in [0.1, 0.15) is 41.7 Å². The van der Waals surface area contributed by atoms with Crippen LogP contribution in [0.25, 0.3) is 0 Å². The van der Waals surface area contributed by atoms with Crippen LogP contribution in [0.2, 0.25) is 0 Å². The molecule has 1 amide bonds. The molecular formula is C25H25NO4. The van der Waals surface area contributed by atoms with Crippen LogP contribution in [0.4, 0.5) is 0 Å². The first kappa shape index (κ1) is 21.1. The molecule has 0 bridgehead atoms. The molecule has 0 saturated heterocycles. The summed E-state index contributed by atoms with van der Waals surface area (Å²) in [5.41, 5.74) is 1.36. The van der Waals surface area contributed by atoms with Gasteiger partial charge in [-0.2, -0.15) is 0 Å². The number of rotatable bonds is 9. The van der Waals surface area contributed by atoms with Gasteiger partial charge in [-0.15, -0.1) is 0 Å². The van der Waals surface area contributed by atoms with Gasteiger partial charge in [0.25, 0.3) is 5.91 Å². The van der Waals surface area contributed by atoms with E-state index in [9.17, 15) is 9.59 Å². The maximum atomic E-state index is 12.4. The van der Waals surface area contributed by atoms with Gasteiger partial charge in [-0.3, -0.25) is 4.79 Å². The molecular weight excluding hydrogens is 378 g/mol. The lowest BCUT2D eigenvalue weighted by molar-refractivity contribution is -0.125. The zero-order valence-corrected chi connectivity index (χ0v) is 16.9. The van der Waals surface area contributed by atoms with E-state index < -0.39 is 5.97 Å². The standard InChI is InChI=1S/C25H25NO4/c1-2-10-23(19-11-5-3-6-12-19)26-24(27)18-29-25(28)20-13-9-16-22(17-20)30-21-14-7-4-8-15-21/h3-9,11-17,23H,2,10,18H2,1H3,(H,26,27)/t23-/m1/s1. The van der Waals surface area contributed by atoms with Crippen molar-refractivity contribution in [2.24, 2.45) is 0 Å². The lowest BCUT2D eigenvalue weighted by atomic mass is 10.0. The van der Waals surface area contributed by atoms with Crippen molar-refractivity contribution in [2.45, 2.75) is 25.8 Å². The minimum Gasteiger partial charge on any atom is -0.457 e. The maximum Gasteiger partial charge on any atom is 0.338 e. The molecule has 1 N–H and O–H groups in total. The Morgan fingerprint density at radius 2 is 1.53 bits per heavy atom. The predicted octanol–water partition coefficient (Wildman–Crippen LogP) is 5.29. The van der Waals surface area contributed by atoms with Crippen molar-refractivity contribution in [3.8, 4) is 11.5 Å². The van der Waals surface area contributed by atoms with Crippen molar-refractivity contribution in [3.63, 3.8) is 0 Å². The van der Waals surface area contributed by atoms with Crippen molar-refractivity contribution in [1.82, 2.24) is 5.32 Å². The second-order valence-corrected chi connectivity index (χ2v) is 6.84. The normalized spacial score (nSPS) is 11.4. The van der Waals surface area contributed by atoms with Crippen LogP contribution in [-0.2, 0) is 9.53 Å². The average molecular weight is 403 g/mol. The van der Waals surface area contributed by atoms with Crippen LogP contribution in [0, 0.1) is 0 Å². The van der Waals surface area contributed by atoms with Gasteiger partial charge in [-0.1, -0.05) is 67.9 Å². The number of ether oxygens (including phenoxy) is 2. The minimum absolute atomic E-state index is 0.106. The molecule has 0 radical (unpaired) electrons. The second-order valence-electron chi connectivity index (χ2n) is 6.84. The van der Waals surface area contributed by atoms with Crippen molar-refractivity contribution in [2.75, 3.05) is 6.61 Å². The van der Waals surface area contributed by atoms with E-state index >= 15 is 0 Å². The smallest absolute Gasteiger partial charge is 0.338 e. The zero-order chi connectivity index (χ0) is 21.2. The molecule has 0 aliphatic carbocycles. The van der Waals surface area contributed by atoms with Crippen LogP contribution in [-0.4, -0.2) is 18.5 Å². The molecule has 0 aliphatic heterocycles. The average Bonchev–Trinajstić information content (AvgIpc) is 2.78. The van der Waals surface area contributed by atoms with Crippen LogP contribution in [0.3, 0.4) is 0 Å². The van der Waals surface area contributed by atoms with Gasteiger partial charge in [0.2, 0.25) is 0 Å². The van der Waals surface area contributed by atoms with Gasteiger partial charge in [-0.05, 0) is 42.3 Å². The fourth-order valence-electron chi connectivity index (χ4n) is 3.06. The van der Waals surface area contributed by atoms with E-state index in [4.69, 9.17) is 9.47 Å². The summed E-state index contributed by atoms with van der Waals surface area (Å²) in [5.74, 6) is 0.287. The molecule has 5 heteroatoms. The van der Waals surface area contributed by atoms with Crippen molar-refractivity contribution < 1.29 is 19.1 Å². The molecule has 3 aromatic rings. The summed E-state index contributed by atoms with van der Waals surface area (Å²) in [6.45, 7) is 1.72. The molecule has 3 aromatic carbocycles.